The Bertz CT molecular complexity index is 578. The van der Waals surface area contributed by atoms with E-state index in [2.05, 4.69) is 11.8 Å². The molecule has 1 aromatic rings. The molecule has 20 heavy (non-hydrogen) atoms. The molecule has 5 nitrogen and oxygen atoms in total. The maximum Gasteiger partial charge on any atom is 0.243 e. The van der Waals surface area contributed by atoms with Gasteiger partial charge in [-0.05, 0) is 50.7 Å². The second-order valence-corrected chi connectivity index (χ2v) is 7.85. The number of benzene rings is 1. The molecule has 1 aromatic carbocycles. The highest BCUT2D eigenvalue weighted by molar-refractivity contribution is 7.89. The van der Waals surface area contributed by atoms with Gasteiger partial charge in [-0.3, -0.25) is 0 Å². The van der Waals surface area contributed by atoms with Crippen LogP contribution in [0.1, 0.15) is 12.5 Å². The first-order valence-electron chi connectivity index (χ1n) is 6.75. The van der Waals surface area contributed by atoms with Crippen molar-refractivity contribution in [1.29, 1.82) is 0 Å². The maximum absolute atomic E-state index is 12.7. The zero-order chi connectivity index (χ0) is 15.1. The highest BCUT2D eigenvalue weighted by atomic mass is 32.2. The van der Waals surface area contributed by atoms with Crippen molar-refractivity contribution in [3.05, 3.63) is 23.8 Å². The molecule has 0 spiro atoms. The van der Waals surface area contributed by atoms with E-state index in [-0.39, 0.29) is 6.04 Å². The van der Waals surface area contributed by atoms with Crippen molar-refractivity contribution in [2.45, 2.75) is 24.8 Å². The van der Waals surface area contributed by atoms with Gasteiger partial charge < -0.3 is 10.6 Å². The van der Waals surface area contributed by atoms with Crippen molar-refractivity contribution in [2.75, 3.05) is 32.9 Å². The van der Waals surface area contributed by atoms with Crippen LogP contribution in [0.15, 0.2) is 23.1 Å². The molecule has 2 atom stereocenters. The van der Waals surface area contributed by atoms with Gasteiger partial charge in [0.2, 0.25) is 10.0 Å². The lowest BCUT2D eigenvalue weighted by Crippen LogP contribution is -2.35. The number of nitrogen functional groups attached to an aromatic ring is 1. The molecule has 2 rings (SSSR count). The lowest BCUT2D eigenvalue weighted by molar-refractivity contribution is 0.263. The molecule has 1 aliphatic rings. The summed E-state index contributed by atoms with van der Waals surface area (Å²) in [5, 5.41) is 0. The Morgan fingerprint density at radius 1 is 1.25 bits per heavy atom. The average Bonchev–Trinajstić information content (AvgIpc) is 2.70. The number of aryl methyl sites for hydroxylation is 1. The van der Waals surface area contributed by atoms with E-state index in [1.54, 1.807) is 16.4 Å². The molecule has 1 fully saturated rings. The van der Waals surface area contributed by atoms with Crippen LogP contribution >= 0.6 is 0 Å². The monoisotopic (exact) mass is 297 g/mol. The van der Waals surface area contributed by atoms with Crippen molar-refractivity contribution in [1.82, 2.24) is 9.21 Å². The zero-order valence-corrected chi connectivity index (χ0v) is 13.3. The Balaban J connectivity index is 2.32. The molecular formula is C14H23N3O2S. The van der Waals surface area contributed by atoms with Crippen LogP contribution in [0.5, 0.6) is 0 Å². The summed E-state index contributed by atoms with van der Waals surface area (Å²) in [5.74, 6) is 0.321. The van der Waals surface area contributed by atoms with Gasteiger partial charge in [0.05, 0.1) is 4.90 Å². The molecule has 0 bridgehead atoms. The third-order valence-corrected chi connectivity index (χ3v) is 5.72. The summed E-state index contributed by atoms with van der Waals surface area (Å²) >= 11 is 0. The molecule has 1 saturated heterocycles. The van der Waals surface area contributed by atoms with Crippen molar-refractivity contribution < 1.29 is 8.42 Å². The van der Waals surface area contributed by atoms with Gasteiger partial charge in [0, 0.05) is 24.8 Å². The van der Waals surface area contributed by atoms with Crippen LogP contribution in [0.25, 0.3) is 0 Å². The highest BCUT2D eigenvalue weighted by Gasteiger charge is 2.38. The first kappa shape index (κ1) is 15.3. The molecule has 112 valence electrons. The molecular weight excluding hydrogens is 274 g/mol. The molecule has 0 radical (unpaired) electrons. The second-order valence-electron chi connectivity index (χ2n) is 5.91. The first-order valence-corrected chi connectivity index (χ1v) is 8.19. The summed E-state index contributed by atoms with van der Waals surface area (Å²) < 4.78 is 27.0. The van der Waals surface area contributed by atoms with E-state index in [9.17, 15) is 8.42 Å². The third kappa shape index (κ3) is 2.82. The normalized spacial score (nSPS) is 24.4. The predicted octanol–water partition coefficient (Wildman–Crippen LogP) is 1.15. The lowest BCUT2D eigenvalue weighted by Gasteiger charge is -2.22. The number of hydrogen-bond donors (Lipinski definition) is 1. The number of nitrogens with two attached hydrogens (primary N) is 1. The summed E-state index contributed by atoms with van der Waals surface area (Å²) in [6.45, 7) is 5.03. The van der Waals surface area contributed by atoms with Crippen LogP contribution in [-0.4, -0.2) is 50.8 Å². The van der Waals surface area contributed by atoms with Crippen LogP contribution in [0.2, 0.25) is 0 Å². The summed E-state index contributed by atoms with van der Waals surface area (Å²) in [6.07, 6.45) is 0. The number of sulfonamides is 1. The molecule has 0 amide bonds. The van der Waals surface area contributed by atoms with E-state index in [0.29, 0.717) is 29.6 Å². The Morgan fingerprint density at radius 3 is 2.40 bits per heavy atom. The van der Waals surface area contributed by atoms with Gasteiger partial charge in [0.15, 0.2) is 0 Å². The van der Waals surface area contributed by atoms with Crippen LogP contribution in [0.3, 0.4) is 0 Å². The van der Waals surface area contributed by atoms with Gasteiger partial charge in [0.1, 0.15) is 0 Å². The molecule has 1 heterocycles. The number of likely N-dealkylation sites (N-methyl/N-ethyl adjacent to an activating group) is 1. The van der Waals surface area contributed by atoms with Gasteiger partial charge in [-0.2, -0.15) is 4.31 Å². The minimum Gasteiger partial charge on any atom is -0.399 e. The molecule has 1 aliphatic heterocycles. The molecule has 2 unspecified atom stereocenters. The Morgan fingerprint density at radius 2 is 1.90 bits per heavy atom. The average molecular weight is 297 g/mol. The summed E-state index contributed by atoms with van der Waals surface area (Å²) in [5.41, 5.74) is 7.11. The van der Waals surface area contributed by atoms with Crippen LogP contribution in [0, 0.1) is 12.8 Å². The van der Waals surface area contributed by atoms with E-state index in [0.717, 1.165) is 5.56 Å². The fourth-order valence-electron chi connectivity index (χ4n) is 2.85. The lowest BCUT2D eigenvalue weighted by atomic mass is 10.1. The van der Waals surface area contributed by atoms with Gasteiger partial charge >= 0.3 is 0 Å². The van der Waals surface area contributed by atoms with Gasteiger partial charge in [-0.15, -0.1) is 0 Å². The maximum atomic E-state index is 12.7. The highest BCUT2D eigenvalue weighted by Crippen LogP contribution is 2.27. The topological polar surface area (TPSA) is 66.6 Å². The van der Waals surface area contributed by atoms with E-state index < -0.39 is 10.0 Å². The summed E-state index contributed by atoms with van der Waals surface area (Å²) in [7, 11) is 0.520. The molecule has 6 heteroatoms. The van der Waals surface area contributed by atoms with E-state index >= 15 is 0 Å². The second kappa shape index (κ2) is 5.35. The predicted molar refractivity (Wildman–Crippen MR) is 81.0 cm³/mol. The summed E-state index contributed by atoms with van der Waals surface area (Å²) in [4.78, 5) is 2.38. The minimum atomic E-state index is -3.46. The van der Waals surface area contributed by atoms with Crippen molar-refractivity contribution >= 4 is 15.7 Å². The van der Waals surface area contributed by atoms with Crippen molar-refractivity contribution in [3.63, 3.8) is 0 Å². The SMILES string of the molecule is Cc1cc(N)cc(S(=O)(=O)N2CC(C)C(N(C)C)C2)c1. The fraction of sp³-hybridized carbons (Fsp3) is 0.571. The molecule has 0 aromatic heterocycles. The Kier molecular flexibility index (Phi) is 4.09. The van der Waals surface area contributed by atoms with Crippen LogP contribution < -0.4 is 5.73 Å². The standard InChI is InChI=1S/C14H23N3O2S/c1-10-5-12(15)7-13(6-10)20(18,19)17-8-11(2)14(9-17)16(3)4/h5-7,11,14H,8-9,15H2,1-4H3. The Labute approximate surface area is 121 Å². The zero-order valence-electron chi connectivity index (χ0n) is 12.5. The quantitative estimate of drug-likeness (QED) is 0.850. The van der Waals surface area contributed by atoms with Crippen LogP contribution in [0.4, 0.5) is 5.69 Å². The molecule has 2 N–H and O–H groups in total. The van der Waals surface area contributed by atoms with E-state index in [1.165, 1.54) is 6.07 Å². The fourth-order valence-corrected chi connectivity index (χ4v) is 4.55. The number of rotatable bonds is 3. The van der Waals surface area contributed by atoms with Crippen molar-refractivity contribution in [3.8, 4) is 0 Å². The largest absolute Gasteiger partial charge is 0.399 e. The van der Waals surface area contributed by atoms with Gasteiger partial charge in [-0.25, -0.2) is 8.42 Å². The smallest absolute Gasteiger partial charge is 0.243 e. The third-order valence-electron chi connectivity index (χ3n) is 3.91. The van der Waals surface area contributed by atoms with E-state index in [1.807, 2.05) is 21.0 Å². The number of anilines is 1. The van der Waals surface area contributed by atoms with E-state index in [4.69, 9.17) is 5.73 Å². The molecule has 0 aliphatic carbocycles. The van der Waals surface area contributed by atoms with Crippen LogP contribution in [-0.2, 0) is 10.0 Å². The minimum absolute atomic E-state index is 0.256. The summed E-state index contributed by atoms with van der Waals surface area (Å²) in [6, 6.07) is 5.25. The number of hydrogen-bond acceptors (Lipinski definition) is 4. The Hall–Kier alpha value is -1.11. The first-order chi connectivity index (χ1) is 9.21. The van der Waals surface area contributed by atoms with Crippen molar-refractivity contribution in [2.24, 2.45) is 5.92 Å². The number of nitrogens with zero attached hydrogens (tertiary/aromatic N) is 2. The van der Waals surface area contributed by atoms with Gasteiger partial charge in [0.25, 0.3) is 0 Å². The molecule has 0 saturated carbocycles. The van der Waals surface area contributed by atoms with Gasteiger partial charge in [-0.1, -0.05) is 6.92 Å².